The van der Waals surface area contributed by atoms with E-state index in [1.54, 1.807) is 30.3 Å². The smallest absolute Gasteiger partial charge is 0.344 e. The molecule has 1 aliphatic heterocycles. The van der Waals surface area contributed by atoms with E-state index >= 15 is 4.39 Å². The summed E-state index contributed by atoms with van der Waals surface area (Å²) in [5.74, 6) is -5.90. The Balaban J connectivity index is 1.26. The molecular weight excluding hydrogens is 747 g/mol. The molecule has 2 aromatic carbocycles. The highest BCUT2D eigenvalue weighted by atomic mass is 35.5. The lowest BCUT2D eigenvalue weighted by molar-refractivity contribution is -0.131. The molecule has 1 N–H and O–H groups in total. The maximum atomic E-state index is 15.3. The topological polar surface area (TPSA) is 204 Å². The van der Waals surface area contributed by atoms with E-state index in [1.807, 2.05) is 0 Å². The number of aliphatic hydroxyl groups excluding tert-OH is 1. The summed E-state index contributed by atoms with van der Waals surface area (Å²) in [4.78, 5) is 85.2. The predicted octanol–water partition coefficient (Wildman–Crippen LogP) is 3.13. The zero-order valence-electron chi connectivity index (χ0n) is 28.4. The van der Waals surface area contributed by atoms with Gasteiger partial charge in [-0.05, 0) is 35.9 Å². The quantitative estimate of drug-likeness (QED) is 0.192. The van der Waals surface area contributed by atoms with Gasteiger partial charge in [-0.25, -0.2) is 19.4 Å². The average molecular weight is 775 g/mol. The van der Waals surface area contributed by atoms with Crippen molar-refractivity contribution in [3.63, 3.8) is 0 Å². The lowest BCUT2D eigenvalue weighted by atomic mass is 10.1. The van der Waals surface area contributed by atoms with Gasteiger partial charge in [0, 0.05) is 30.9 Å². The second-order valence-corrected chi connectivity index (χ2v) is 12.2. The highest BCUT2D eigenvalue weighted by Crippen LogP contribution is 2.32. The van der Waals surface area contributed by atoms with E-state index in [0.717, 1.165) is 31.3 Å². The summed E-state index contributed by atoms with van der Waals surface area (Å²) >= 11 is 5.96. The van der Waals surface area contributed by atoms with E-state index in [1.165, 1.54) is 36.7 Å². The van der Waals surface area contributed by atoms with Crippen LogP contribution in [-0.4, -0.2) is 72.9 Å². The first-order chi connectivity index (χ1) is 26.4. The second-order valence-electron chi connectivity index (χ2n) is 11.8. The van der Waals surface area contributed by atoms with E-state index in [0.29, 0.717) is 16.3 Å². The van der Waals surface area contributed by atoms with Crippen LogP contribution in [0, 0.1) is 5.82 Å². The number of hydrogen-bond acceptors (Lipinski definition) is 14. The minimum absolute atomic E-state index is 0.0302. The van der Waals surface area contributed by atoms with Crippen molar-refractivity contribution in [2.24, 2.45) is 0 Å². The Morgan fingerprint density at radius 3 is 2.40 bits per heavy atom. The van der Waals surface area contributed by atoms with Crippen molar-refractivity contribution in [1.29, 1.82) is 0 Å². The molecule has 0 spiro atoms. The zero-order chi connectivity index (χ0) is 39.2. The van der Waals surface area contributed by atoms with Gasteiger partial charge in [0.15, 0.2) is 12.0 Å². The number of aromatic nitrogens is 4. The van der Waals surface area contributed by atoms with Crippen LogP contribution < -0.4 is 20.7 Å². The molecule has 1 fully saturated rings. The van der Waals surface area contributed by atoms with Gasteiger partial charge in [-0.15, -0.1) is 0 Å². The Morgan fingerprint density at radius 1 is 0.927 bits per heavy atom. The first-order valence-corrected chi connectivity index (χ1v) is 16.6. The lowest BCUT2D eigenvalue weighted by Gasteiger charge is -2.21. The summed E-state index contributed by atoms with van der Waals surface area (Å²) in [6.45, 7) is 0.593. The van der Waals surface area contributed by atoms with Gasteiger partial charge in [0.1, 0.15) is 29.9 Å². The fourth-order valence-electron chi connectivity index (χ4n) is 5.44. The molecule has 0 radical (unpaired) electrons. The molecule has 0 bridgehead atoms. The van der Waals surface area contributed by atoms with Gasteiger partial charge in [-0.3, -0.25) is 23.9 Å². The number of carbonyl (C=O) groups is 4. The third kappa shape index (κ3) is 8.71. The van der Waals surface area contributed by atoms with Crippen LogP contribution in [0.4, 0.5) is 4.39 Å². The van der Waals surface area contributed by atoms with Gasteiger partial charge in [0.2, 0.25) is 11.7 Å². The van der Waals surface area contributed by atoms with Crippen molar-refractivity contribution >= 4 is 35.4 Å². The van der Waals surface area contributed by atoms with E-state index in [2.05, 4.69) is 9.97 Å². The monoisotopic (exact) mass is 774 g/mol. The van der Waals surface area contributed by atoms with Crippen LogP contribution in [0.25, 0.3) is 0 Å². The highest BCUT2D eigenvalue weighted by molar-refractivity contribution is 6.32. The molecule has 3 aromatic heterocycles. The third-order valence-corrected chi connectivity index (χ3v) is 8.29. The Hall–Kier alpha value is -6.40. The number of esters is 3. The molecule has 6 rings (SSSR count). The molecule has 4 atom stereocenters. The summed E-state index contributed by atoms with van der Waals surface area (Å²) in [6.07, 6.45) is -1.67. The largest absolute Gasteiger partial charge is 0.459 e. The number of pyridine rings is 2. The molecule has 0 aliphatic carbocycles. The molecule has 1 saturated heterocycles. The Labute approximate surface area is 314 Å². The van der Waals surface area contributed by atoms with Gasteiger partial charge in [-0.1, -0.05) is 48.0 Å². The molecule has 16 nitrogen and oxygen atoms in total. The zero-order valence-corrected chi connectivity index (χ0v) is 29.2. The molecule has 0 amide bonds. The van der Waals surface area contributed by atoms with Crippen LogP contribution in [-0.2, 0) is 25.6 Å². The molecule has 5 aromatic rings. The van der Waals surface area contributed by atoms with Crippen molar-refractivity contribution in [2.45, 2.75) is 38.1 Å². The maximum absolute atomic E-state index is 15.3. The first-order valence-electron chi connectivity index (χ1n) is 16.2. The molecule has 0 saturated carbocycles. The lowest BCUT2D eigenvalue weighted by Crippen LogP contribution is -2.47. The molecule has 0 unspecified atom stereocenters. The van der Waals surface area contributed by atoms with E-state index in [-0.39, 0.29) is 39.0 Å². The number of rotatable bonds is 11. The minimum atomic E-state index is -1.74. The normalized spacial score (nSPS) is 17.7. The predicted molar refractivity (Wildman–Crippen MR) is 186 cm³/mol. The van der Waals surface area contributed by atoms with Crippen molar-refractivity contribution in [2.75, 3.05) is 6.61 Å². The highest BCUT2D eigenvalue weighted by Gasteiger charge is 2.47. The number of aliphatic hydroxyl groups is 1. The van der Waals surface area contributed by atoms with Crippen LogP contribution in [0.3, 0.4) is 0 Å². The number of hydrogen-bond donors (Lipinski definition) is 1. The van der Waals surface area contributed by atoms with Crippen LogP contribution >= 0.6 is 11.6 Å². The maximum Gasteiger partial charge on any atom is 0.344 e. The summed E-state index contributed by atoms with van der Waals surface area (Å²) in [5.41, 5.74) is -2.88. The summed E-state index contributed by atoms with van der Waals surface area (Å²) in [6, 6.07) is 17.5. The summed E-state index contributed by atoms with van der Waals surface area (Å²) in [7, 11) is 0. The van der Waals surface area contributed by atoms with Crippen molar-refractivity contribution in [1.82, 2.24) is 19.1 Å². The minimum Gasteiger partial charge on any atom is -0.459 e. The fourth-order valence-corrected chi connectivity index (χ4v) is 5.58. The third-order valence-electron chi connectivity index (χ3n) is 8.01. The van der Waals surface area contributed by atoms with Crippen molar-refractivity contribution in [3.05, 3.63) is 152 Å². The van der Waals surface area contributed by atoms with E-state index < -0.39 is 77.6 Å². The molecule has 4 heterocycles. The van der Waals surface area contributed by atoms with Crippen molar-refractivity contribution < 1.29 is 52.4 Å². The Bertz CT molecular complexity index is 2370. The van der Waals surface area contributed by atoms with Gasteiger partial charge in [0.25, 0.3) is 11.5 Å². The molecular formula is C37H28ClFN4O12. The fraction of sp³-hybridized carbons (Fsp3) is 0.189. The van der Waals surface area contributed by atoms with Gasteiger partial charge in [0.05, 0.1) is 30.1 Å². The number of ether oxygens (including phenoxy) is 5. The SMILES string of the molecule is CC(=O)Oc1cc(OC(=O)c2cccc(C(=O)n3c(=O)c(F)cn([C@@H]4O[C@H](COC(=O)c5cccnc5)[C@@H](OCc5ccccc5)[C@H]4O)c3=O)c2)ncc1Cl. The Morgan fingerprint density at radius 2 is 1.67 bits per heavy atom. The Kier molecular flexibility index (Phi) is 11.7. The average Bonchev–Trinajstić information content (AvgIpc) is 3.50. The summed E-state index contributed by atoms with van der Waals surface area (Å²) in [5, 5.41) is 11.4. The number of carbonyl (C=O) groups excluding carboxylic acids is 4. The first kappa shape index (κ1) is 38.3. The molecule has 282 valence electrons. The van der Waals surface area contributed by atoms with Gasteiger partial charge in [-0.2, -0.15) is 8.96 Å². The van der Waals surface area contributed by atoms with Crippen LogP contribution in [0.5, 0.6) is 11.6 Å². The summed E-state index contributed by atoms with van der Waals surface area (Å²) < 4.78 is 43.1. The number of nitrogens with zero attached hydrogens (tertiary/aromatic N) is 4. The number of benzene rings is 2. The van der Waals surface area contributed by atoms with Crippen molar-refractivity contribution in [3.8, 4) is 11.6 Å². The van der Waals surface area contributed by atoms with Crippen LogP contribution in [0.1, 0.15) is 49.8 Å². The molecule has 18 heteroatoms. The van der Waals surface area contributed by atoms with Gasteiger partial charge >= 0.3 is 23.6 Å². The van der Waals surface area contributed by atoms with E-state index in [4.69, 9.17) is 35.3 Å². The standard InChI is InChI=1S/C37H28ClFN4O12/c1-20(44)53-27-14-29(41-16-25(27)38)55-36(49)23-10-5-9-22(13-23)32(46)43-33(47)26(39)17-42(37(43)50)34-30(45)31(51-18-21-7-3-2-4-8-21)28(54-34)19-52-35(48)24-11-6-12-40-15-24/h2-17,28,30-31,34,45H,18-19H2,1H3/t28-,30-,31-,34-/m1/s1. The molecule has 55 heavy (non-hydrogen) atoms. The van der Waals surface area contributed by atoms with Crippen LogP contribution in [0.2, 0.25) is 5.02 Å². The van der Waals surface area contributed by atoms with E-state index in [9.17, 15) is 33.9 Å². The molecule has 1 aliphatic rings. The van der Waals surface area contributed by atoms with Crippen LogP contribution in [0.15, 0.2) is 107 Å². The van der Waals surface area contributed by atoms with Gasteiger partial charge < -0.3 is 28.8 Å². The second kappa shape index (κ2) is 16.7. The number of halogens is 2.